The molecule has 0 aromatic carbocycles. The minimum Gasteiger partial charge on any atom is -0.350 e. The van der Waals surface area contributed by atoms with E-state index in [1.165, 1.54) is 19.3 Å². The second-order valence-corrected chi connectivity index (χ2v) is 5.50. The Balaban J connectivity index is 2.01. The highest BCUT2D eigenvalue weighted by Gasteiger charge is 2.44. The van der Waals surface area contributed by atoms with Crippen LogP contribution in [-0.4, -0.2) is 24.5 Å². The van der Waals surface area contributed by atoms with Gasteiger partial charge >= 0.3 is 0 Å². The number of rotatable bonds is 4. The summed E-state index contributed by atoms with van der Waals surface area (Å²) in [6.45, 7) is 6.16. The van der Waals surface area contributed by atoms with Crippen molar-refractivity contribution < 1.29 is 4.79 Å². The zero-order valence-corrected chi connectivity index (χ0v) is 10.6. The number of carbonyl (C=O) groups is 1. The molecule has 1 atom stereocenters. The summed E-state index contributed by atoms with van der Waals surface area (Å²) in [5.74, 6) is 0.293. The van der Waals surface area contributed by atoms with Crippen LogP contribution >= 0.6 is 0 Å². The van der Waals surface area contributed by atoms with Crippen LogP contribution in [0.2, 0.25) is 0 Å². The van der Waals surface area contributed by atoms with Gasteiger partial charge in [-0.25, -0.2) is 0 Å². The molecule has 3 nitrogen and oxygen atoms in total. The highest BCUT2D eigenvalue weighted by Crippen LogP contribution is 2.37. The average Bonchev–Trinajstić information content (AvgIpc) is 2.73. The molecule has 0 spiro atoms. The van der Waals surface area contributed by atoms with Gasteiger partial charge in [0.1, 0.15) is 0 Å². The van der Waals surface area contributed by atoms with E-state index in [-0.39, 0.29) is 11.0 Å². The molecule has 1 aliphatic heterocycles. The standard InChI is InChI=1S/C13H24N2O/c1-3-12(8-9-14-10-12)11(16)15-13(4-2)6-5-7-13/h14H,3-10H2,1-2H3,(H,15,16). The van der Waals surface area contributed by atoms with Gasteiger partial charge < -0.3 is 10.6 Å². The smallest absolute Gasteiger partial charge is 0.227 e. The summed E-state index contributed by atoms with van der Waals surface area (Å²) in [4.78, 5) is 12.4. The molecule has 0 bridgehead atoms. The van der Waals surface area contributed by atoms with Gasteiger partial charge in [0.25, 0.3) is 0 Å². The van der Waals surface area contributed by atoms with E-state index in [9.17, 15) is 4.79 Å². The van der Waals surface area contributed by atoms with Crippen LogP contribution in [0, 0.1) is 5.41 Å². The van der Waals surface area contributed by atoms with Crippen molar-refractivity contribution in [3.8, 4) is 0 Å². The van der Waals surface area contributed by atoms with E-state index in [2.05, 4.69) is 24.5 Å². The number of amides is 1. The van der Waals surface area contributed by atoms with Gasteiger partial charge in [0.15, 0.2) is 0 Å². The van der Waals surface area contributed by atoms with Gasteiger partial charge in [-0.3, -0.25) is 4.79 Å². The fourth-order valence-electron chi connectivity index (χ4n) is 2.94. The van der Waals surface area contributed by atoms with Gasteiger partial charge in [-0.2, -0.15) is 0 Å². The van der Waals surface area contributed by atoms with E-state index in [0.717, 1.165) is 32.4 Å². The number of hydrogen-bond donors (Lipinski definition) is 2. The van der Waals surface area contributed by atoms with Gasteiger partial charge in [0, 0.05) is 12.1 Å². The van der Waals surface area contributed by atoms with Crippen LogP contribution in [-0.2, 0) is 4.79 Å². The lowest BCUT2D eigenvalue weighted by atomic mass is 9.73. The largest absolute Gasteiger partial charge is 0.350 e. The Bertz CT molecular complexity index is 260. The molecule has 3 heteroatoms. The Hall–Kier alpha value is -0.570. The van der Waals surface area contributed by atoms with E-state index in [4.69, 9.17) is 0 Å². The van der Waals surface area contributed by atoms with E-state index < -0.39 is 0 Å². The predicted molar refractivity (Wildman–Crippen MR) is 65.2 cm³/mol. The monoisotopic (exact) mass is 224 g/mol. The van der Waals surface area contributed by atoms with Crippen LogP contribution in [0.25, 0.3) is 0 Å². The van der Waals surface area contributed by atoms with Crippen LogP contribution in [0.3, 0.4) is 0 Å². The highest BCUT2D eigenvalue weighted by molar-refractivity contribution is 5.84. The fourth-order valence-corrected chi connectivity index (χ4v) is 2.94. The third-order valence-corrected chi connectivity index (χ3v) is 4.77. The molecule has 2 aliphatic rings. The van der Waals surface area contributed by atoms with Gasteiger partial charge in [-0.05, 0) is 45.1 Å². The van der Waals surface area contributed by atoms with Crippen LogP contribution in [0.1, 0.15) is 52.4 Å². The van der Waals surface area contributed by atoms with E-state index in [0.29, 0.717) is 5.91 Å². The zero-order chi connectivity index (χ0) is 11.6. The minimum absolute atomic E-state index is 0.127. The second kappa shape index (κ2) is 4.36. The summed E-state index contributed by atoms with van der Waals surface area (Å²) >= 11 is 0. The maximum absolute atomic E-state index is 12.4. The summed E-state index contributed by atoms with van der Waals surface area (Å²) in [5.41, 5.74) is 0.0135. The summed E-state index contributed by atoms with van der Waals surface area (Å²) in [5, 5.41) is 6.66. The van der Waals surface area contributed by atoms with Crippen LogP contribution in [0.15, 0.2) is 0 Å². The van der Waals surface area contributed by atoms with Crippen molar-refractivity contribution in [2.45, 2.75) is 57.9 Å². The molecular formula is C13H24N2O. The lowest BCUT2D eigenvalue weighted by Crippen LogP contribution is -2.57. The molecule has 92 valence electrons. The molecule has 1 heterocycles. The molecule has 0 aromatic rings. The first-order valence-electron chi connectivity index (χ1n) is 6.70. The third-order valence-electron chi connectivity index (χ3n) is 4.77. The molecule has 2 rings (SSSR count). The Morgan fingerprint density at radius 2 is 2.00 bits per heavy atom. The minimum atomic E-state index is -0.127. The fraction of sp³-hybridized carbons (Fsp3) is 0.923. The SMILES string of the molecule is CCC1(NC(=O)C2(CC)CCNC2)CCC1. The molecule has 1 amide bonds. The topological polar surface area (TPSA) is 41.1 Å². The molecule has 1 saturated heterocycles. The molecule has 1 unspecified atom stereocenters. The summed E-state index contributed by atoms with van der Waals surface area (Å²) in [7, 11) is 0. The number of nitrogens with one attached hydrogen (secondary N) is 2. The highest BCUT2D eigenvalue weighted by atomic mass is 16.2. The van der Waals surface area contributed by atoms with Crippen molar-refractivity contribution in [3.05, 3.63) is 0 Å². The molecule has 0 aromatic heterocycles. The average molecular weight is 224 g/mol. The molecule has 0 radical (unpaired) electrons. The van der Waals surface area contributed by atoms with Crippen LogP contribution in [0.4, 0.5) is 0 Å². The quantitative estimate of drug-likeness (QED) is 0.765. The van der Waals surface area contributed by atoms with Gasteiger partial charge in [-0.1, -0.05) is 13.8 Å². The molecular weight excluding hydrogens is 200 g/mol. The van der Waals surface area contributed by atoms with Crippen molar-refractivity contribution in [1.82, 2.24) is 10.6 Å². The third kappa shape index (κ3) is 1.86. The van der Waals surface area contributed by atoms with Crippen molar-refractivity contribution in [1.29, 1.82) is 0 Å². The van der Waals surface area contributed by atoms with Gasteiger partial charge in [0.2, 0.25) is 5.91 Å². The Morgan fingerprint density at radius 3 is 2.38 bits per heavy atom. The first-order chi connectivity index (χ1) is 7.66. The zero-order valence-electron chi connectivity index (χ0n) is 10.6. The molecule has 1 saturated carbocycles. The van der Waals surface area contributed by atoms with E-state index >= 15 is 0 Å². The Kier molecular flexibility index (Phi) is 3.24. The Labute approximate surface area is 98.4 Å². The van der Waals surface area contributed by atoms with Crippen molar-refractivity contribution in [2.75, 3.05) is 13.1 Å². The number of hydrogen-bond acceptors (Lipinski definition) is 2. The first-order valence-corrected chi connectivity index (χ1v) is 6.70. The summed E-state index contributed by atoms with van der Waals surface area (Å²) < 4.78 is 0. The van der Waals surface area contributed by atoms with E-state index in [1.807, 2.05) is 0 Å². The lowest BCUT2D eigenvalue weighted by Gasteiger charge is -2.44. The summed E-state index contributed by atoms with van der Waals surface area (Å²) in [6, 6.07) is 0. The maximum Gasteiger partial charge on any atom is 0.227 e. The van der Waals surface area contributed by atoms with E-state index in [1.54, 1.807) is 0 Å². The van der Waals surface area contributed by atoms with Crippen LogP contribution in [0.5, 0.6) is 0 Å². The molecule has 16 heavy (non-hydrogen) atoms. The van der Waals surface area contributed by atoms with Crippen molar-refractivity contribution in [2.24, 2.45) is 5.41 Å². The second-order valence-electron chi connectivity index (χ2n) is 5.50. The van der Waals surface area contributed by atoms with Crippen LogP contribution < -0.4 is 10.6 Å². The van der Waals surface area contributed by atoms with Gasteiger partial charge in [0.05, 0.1) is 5.41 Å². The van der Waals surface area contributed by atoms with Crippen molar-refractivity contribution >= 4 is 5.91 Å². The predicted octanol–water partition coefficient (Wildman–Crippen LogP) is 1.82. The molecule has 2 N–H and O–H groups in total. The first kappa shape index (κ1) is 11.9. The summed E-state index contributed by atoms with van der Waals surface area (Å²) in [6.07, 6.45) is 6.63. The molecule has 2 fully saturated rings. The van der Waals surface area contributed by atoms with Crippen molar-refractivity contribution in [3.63, 3.8) is 0 Å². The van der Waals surface area contributed by atoms with Gasteiger partial charge in [-0.15, -0.1) is 0 Å². The maximum atomic E-state index is 12.4. The number of carbonyl (C=O) groups excluding carboxylic acids is 1. The Morgan fingerprint density at radius 1 is 1.25 bits per heavy atom. The lowest BCUT2D eigenvalue weighted by molar-refractivity contribution is -0.133. The normalized spacial score (nSPS) is 32.1. The molecule has 1 aliphatic carbocycles.